The molecule has 0 bridgehead atoms. The summed E-state index contributed by atoms with van der Waals surface area (Å²) in [5, 5.41) is 20.3. The summed E-state index contributed by atoms with van der Waals surface area (Å²) in [5.74, 6) is 1.33. The number of nitrogens with zero attached hydrogens (tertiary/aromatic N) is 7. The van der Waals surface area contributed by atoms with Crippen LogP contribution < -0.4 is 5.32 Å². The van der Waals surface area contributed by atoms with E-state index in [4.69, 9.17) is 5.26 Å². The van der Waals surface area contributed by atoms with Crippen LogP contribution in [0.25, 0.3) is 5.82 Å². The highest BCUT2D eigenvalue weighted by Crippen LogP contribution is 2.16. The molecule has 0 aliphatic carbocycles. The molecule has 9 nitrogen and oxygen atoms in total. The van der Waals surface area contributed by atoms with Gasteiger partial charge in [0.25, 0.3) is 5.91 Å². The molecular weight excluding hydrogens is 332 g/mol. The maximum Gasteiger partial charge on any atom is 0.272 e. The van der Waals surface area contributed by atoms with E-state index in [0.717, 1.165) is 5.69 Å². The van der Waals surface area contributed by atoms with Crippen LogP contribution in [0.2, 0.25) is 0 Å². The van der Waals surface area contributed by atoms with Crippen molar-refractivity contribution in [2.24, 2.45) is 7.05 Å². The molecule has 1 amide bonds. The average molecular weight is 350 g/mol. The summed E-state index contributed by atoms with van der Waals surface area (Å²) in [6.07, 6.45) is 1.47. The Bertz CT molecular complexity index is 973. The summed E-state index contributed by atoms with van der Waals surface area (Å²) in [4.78, 5) is 21.1. The number of nitrogens with one attached hydrogen (secondary N) is 1. The highest BCUT2D eigenvalue weighted by molar-refractivity contribution is 5.92. The minimum atomic E-state index is -0.413. The summed E-state index contributed by atoms with van der Waals surface area (Å²) in [6.45, 7) is 5.46. The van der Waals surface area contributed by atoms with Crippen molar-refractivity contribution < 1.29 is 4.79 Å². The highest BCUT2D eigenvalue weighted by atomic mass is 16.2. The number of amides is 1. The number of rotatable bonds is 4. The van der Waals surface area contributed by atoms with Gasteiger partial charge in [0.1, 0.15) is 17.6 Å². The number of pyridine rings is 1. The van der Waals surface area contributed by atoms with Crippen molar-refractivity contribution in [2.75, 3.05) is 0 Å². The Hall–Kier alpha value is -3.54. The van der Waals surface area contributed by atoms with Gasteiger partial charge in [0.15, 0.2) is 11.6 Å². The summed E-state index contributed by atoms with van der Waals surface area (Å²) in [6, 6.07) is 6.68. The molecule has 0 saturated heterocycles. The SMILES string of the molecule is Cc1nc([C@H](C)NC(=O)c2cc(C)n(C)n2)n(-c2ccc(C#N)cn2)n1. The normalized spacial score (nSPS) is 11.8. The quantitative estimate of drug-likeness (QED) is 0.760. The lowest BCUT2D eigenvalue weighted by atomic mass is 10.2. The van der Waals surface area contributed by atoms with Crippen molar-refractivity contribution in [3.8, 4) is 11.9 Å². The highest BCUT2D eigenvalue weighted by Gasteiger charge is 2.21. The fraction of sp³-hybridized carbons (Fsp3) is 0.294. The molecule has 0 radical (unpaired) electrons. The van der Waals surface area contributed by atoms with E-state index in [-0.39, 0.29) is 5.91 Å². The van der Waals surface area contributed by atoms with E-state index >= 15 is 0 Å². The molecule has 0 fully saturated rings. The molecule has 0 aromatic carbocycles. The smallest absolute Gasteiger partial charge is 0.272 e. The molecule has 0 spiro atoms. The fourth-order valence-electron chi connectivity index (χ4n) is 2.46. The molecule has 0 aliphatic heterocycles. The summed E-state index contributed by atoms with van der Waals surface area (Å²) in [7, 11) is 1.78. The van der Waals surface area contributed by atoms with Crippen molar-refractivity contribution in [2.45, 2.75) is 26.8 Å². The van der Waals surface area contributed by atoms with E-state index < -0.39 is 6.04 Å². The van der Waals surface area contributed by atoms with Crippen molar-refractivity contribution in [1.82, 2.24) is 34.8 Å². The van der Waals surface area contributed by atoms with Gasteiger partial charge in [0, 0.05) is 18.9 Å². The number of aromatic nitrogens is 6. The summed E-state index contributed by atoms with van der Waals surface area (Å²) in [5.41, 5.74) is 1.69. The molecule has 0 unspecified atom stereocenters. The third kappa shape index (κ3) is 3.30. The van der Waals surface area contributed by atoms with Crippen LogP contribution in [0.5, 0.6) is 0 Å². The van der Waals surface area contributed by atoms with Crippen LogP contribution in [-0.4, -0.2) is 35.4 Å². The van der Waals surface area contributed by atoms with Crippen LogP contribution in [0, 0.1) is 25.2 Å². The van der Waals surface area contributed by atoms with Crippen molar-refractivity contribution in [3.05, 3.63) is 53.0 Å². The predicted octanol–water partition coefficient (Wildman–Crippen LogP) is 1.38. The second-order valence-corrected chi connectivity index (χ2v) is 5.94. The first-order valence-electron chi connectivity index (χ1n) is 8.00. The molecule has 0 saturated carbocycles. The van der Waals surface area contributed by atoms with Gasteiger partial charge >= 0.3 is 0 Å². The molecule has 132 valence electrons. The van der Waals surface area contributed by atoms with E-state index in [1.54, 1.807) is 41.5 Å². The van der Waals surface area contributed by atoms with Gasteiger partial charge in [-0.3, -0.25) is 9.48 Å². The molecule has 3 aromatic rings. The third-order valence-electron chi connectivity index (χ3n) is 3.91. The molecule has 3 aromatic heterocycles. The van der Waals surface area contributed by atoms with Gasteiger partial charge in [-0.15, -0.1) is 5.10 Å². The lowest BCUT2D eigenvalue weighted by molar-refractivity contribution is 0.0932. The second kappa shape index (κ2) is 6.76. The first-order chi connectivity index (χ1) is 12.4. The van der Waals surface area contributed by atoms with Gasteiger partial charge in [-0.2, -0.15) is 15.0 Å². The standard InChI is InChI=1S/C17H18N8O/c1-10-7-14(23-24(10)4)17(26)20-11(2)16-21-12(3)22-25(16)15-6-5-13(8-18)9-19-15/h5-7,9,11H,1-4H3,(H,20,26)/t11-/m0/s1. The molecule has 1 atom stereocenters. The van der Waals surface area contributed by atoms with E-state index in [1.165, 1.54) is 6.20 Å². The molecule has 3 heterocycles. The van der Waals surface area contributed by atoms with Crippen LogP contribution in [0.3, 0.4) is 0 Å². The van der Waals surface area contributed by atoms with Crippen molar-refractivity contribution >= 4 is 5.91 Å². The molecule has 1 N–H and O–H groups in total. The summed E-state index contributed by atoms with van der Waals surface area (Å²) < 4.78 is 3.21. The van der Waals surface area contributed by atoms with Gasteiger partial charge < -0.3 is 5.32 Å². The monoisotopic (exact) mass is 350 g/mol. The lowest BCUT2D eigenvalue weighted by Gasteiger charge is -2.13. The van der Waals surface area contributed by atoms with Crippen LogP contribution >= 0.6 is 0 Å². The fourth-order valence-corrected chi connectivity index (χ4v) is 2.46. The van der Waals surface area contributed by atoms with Crippen LogP contribution in [0.15, 0.2) is 24.4 Å². The van der Waals surface area contributed by atoms with Gasteiger partial charge in [0.2, 0.25) is 0 Å². The predicted molar refractivity (Wildman–Crippen MR) is 92.4 cm³/mol. The first kappa shape index (κ1) is 17.3. The molecule has 0 aliphatic rings. The van der Waals surface area contributed by atoms with Crippen LogP contribution in [0.1, 0.15) is 46.4 Å². The molecule has 3 rings (SSSR count). The third-order valence-corrected chi connectivity index (χ3v) is 3.91. The molecule has 26 heavy (non-hydrogen) atoms. The zero-order valence-corrected chi connectivity index (χ0v) is 14.9. The average Bonchev–Trinajstić information content (AvgIpc) is 3.18. The Morgan fingerprint density at radius 1 is 1.31 bits per heavy atom. The number of hydrogen-bond acceptors (Lipinski definition) is 6. The van der Waals surface area contributed by atoms with Crippen molar-refractivity contribution in [3.63, 3.8) is 0 Å². The minimum absolute atomic E-state index is 0.291. The van der Waals surface area contributed by atoms with Gasteiger partial charge in [-0.05, 0) is 39.0 Å². The number of carbonyl (C=O) groups is 1. The Kier molecular flexibility index (Phi) is 4.49. The van der Waals surface area contributed by atoms with Gasteiger partial charge in [-0.1, -0.05) is 0 Å². The maximum absolute atomic E-state index is 12.4. The lowest BCUT2D eigenvalue weighted by Crippen LogP contribution is -2.29. The first-order valence-corrected chi connectivity index (χ1v) is 8.00. The zero-order valence-electron chi connectivity index (χ0n) is 14.9. The van der Waals surface area contributed by atoms with E-state index in [9.17, 15) is 4.79 Å². The Morgan fingerprint density at radius 2 is 2.08 bits per heavy atom. The Morgan fingerprint density at radius 3 is 2.65 bits per heavy atom. The van der Waals surface area contributed by atoms with Crippen molar-refractivity contribution in [1.29, 1.82) is 5.26 Å². The number of aryl methyl sites for hydroxylation is 3. The zero-order chi connectivity index (χ0) is 18.8. The number of carbonyl (C=O) groups excluding carboxylic acids is 1. The molecular formula is C17H18N8O. The van der Waals surface area contributed by atoms with Crippen LogP contribution in [-0.2, 0) is 7.05 Å². The minimum Gasteiger partial charge on any atom is -0.341 e. The summed E-state index contributed by atoms with van der Waals surface area (Å²) >= 11 is 0. The second-order valence-electron chi connectivity index (χ2n) is 5.94. The van der Waals surface area contributed by atoms with Gasteiger partial charge in [-0.25, -0.2) is 9.97 Å². The van der Waals surface area contributed by atoms with Crippen LogP contribution in [0.4, 0.5) is 0 Å². The topological polar surface area (TPSA) is 114 Å². The van der Waals surface area contributed by atoms with Gasteiger partial charge in [0.05, 0.1) is 11.6 Å². The molecule has 9 heteroatoms. The Labute approximate surface area is 150 Å². The van der Waals surface area contributed by atoms with E-state index in [1.807, 2.05) is 19.9 Å². The van der Waals surface area contributed by atoms with E-state index in [2.05, 4.69) is 25.5 Å². The van der Waals surface area contributed by atoms with E-state index in [0.29, 0.717) is 28.7 Å². The largest absolute Gasteiger partial charge is 0.341 e. The number of hydrogen-bond donors (Lipinski definition) is 1. The number of nitriles is 1. The Balaban J connectivity index is 1.86. The maximum atomic E-state index is 12.4.